The van der Waals surface area contributed by atoms with E-state index in [1.54, 1.807) is 0 Å². The van der Waals surface area contributed by atoms with Gasteiger partial charge in [0, 0.05) is 12.2 Å². The minimum Gasteiger partial charge on any atom is -0.385 e. The highest BCUT2D eigenvalue weighted by molar-refractivity contribution is 5.42. The zero-order valence-corrected chi connectivity index (χ0v) is 8.22. The summed E-state index contributed by atoms with van der Waals surface area (Å²) in [4.78, 5) is 0. The van der Waals surface area contributed by atoms with Gasteiger partial charge in [-0.3, -0.25) is 0 Å². The van der Waals surface area contributed by atoms with Gasteiger partial charge in [-0.25, -0.2) is 0 Å². The second-order valence-corrected chi connectivity index (χ2v) is 3.10. The number of para-hydroxylation sites is 1. The van der Waals surface area contributed by atoms with Gasteiger partial charge in [-0.2, -0.15) is 0 Å². The molecule has 0 saturated carbocycles. The van der Waals surface area contributed by atoms with Crippen LogP contribution in [0.4, 0.5) is 5.69 Å². The number of nitrogens with one attached hydrogen (secondary N) is 2. The quantitative estimate of drug-likeness (QED) is 0.652. The second-order valence-electron chi connectivity index (χ2n) is 3.10. The lowest BCUT2D eigenvalue weighted by atomic mass is 10.3. The Morgan fingerprint density at radius 1 is 1.00 bits per heavy atom. The van der Waals surface area contributed by atoms with Crippen molar-refractivity contribution < 1.29 is 0 Å². The molecule has 2 N–H and O–H groups in total. The summed E-state index contributed by atoms with van der Waals surface area (Å²) in [6, 6.07) is 10.3. The van der Waals surface area contributed by atoms with Crippen LogP contribution in [-0.2, 0) is 0 Å². The first-order valence-electron chi connectivity index (χ1n) is 4.87. The molecule has 72 valence electrons. The summed E-state index contributed by atoms with van der Waals surface area (Å²) in [6.45, 7) is 2.17. The third kappa shape index (κ3) is 4.53. The van der Waals surface area contributed by atoms with Crippen LogP contribution in [0.15, 0.2) is 30.3 Å². The zero-order chi connectivity index (χ0) is 9.36. The molecule has 0 unspecified atom stereocenters. The molecule has 1 aromatic rings. The normalized spacial score (nSPS) is 9.92. The fraction of sp³-hybridized carbons (Fsp3) is 0.455. The van der Waals surface area contributed by atoms with Crippen LogP contribution in [0.1, 0.15) is 12.8 Å². The van der Waals surface area contributed by atoms with Crippen molar-refractivity contribution >= 4 is 5.69 Å². The molecule has 13 heavy (non-hydrogen) atoms. The SMILES string of the molecule is CNCCCCNc1ccccc1. The summed E-state index contributed by atoms with van der Waals surface area (Å²) >= 11 is 0. The Balaban J connectivity index is 2.07. The van der Waals surface area contributed by atoms with E-state index in [9.17, 15) is 0 Å². The van der Waals surface area contributed by atoms with Gasteiger partial charge in [0.05, 0.1) is 0 Å². The highest BCUT2D eigenvalue weighted by Crippen LogP contribution is 2.04. The predicted octanol–water partition coefficient (Wildman–Crippen LogP) is 2.10. The third-order valence-electron chi connectivity index (χ3n) is 1.96. The van der Waals surface area contributed by atoms with Crippen molar-refractivity contribution in [1.82, 2.24) is 5.32 Å². The third-order valence-corrected chi connectivity index (χ3v) is 1.96. The van der Waals surface area contributed by atoms with Gasteiger partial charge in [0.15, 0.2) is 0 Å². The molecule has 0 bridgehead atoms. The van der Waals surface area contributed by atoms with E-state index in [2.05, 4.69) is 34.9 Å². The number of anilines is 1. The van der Waals surface area contributed by atoms with Gasteiger partial charge in [0.1, 0.15) is 0 Å². The van der Waals surface area contributed by atoms with Crippen molar-refractivity contribution in [3.05, 3.63) is 30.3 Å². The standard InChI is InChI=1S/C11H18N2/c1-12-9-5-6-10-13-11-7-3-2-4-8-11/h2-4,7-8,12-13H,5-6,9-10H2,1H3. The minimum absolute atomic E-state index is 1.06. The monoisotopic (exact) mass is 178 g/mol. The lowest BCUT2D eigenvalue weighted by Crippen LogP contribution is -2.10. The zero-order valence-electron chi connectivity index (χ0n) is 8.22. The molecule has 0 heterocycles. The van der Waals surface area contributed by atoms with Crippen LogP contribution in [0, 0.1) is 0 Å². The van der Waals surface area contributed by atoms with Crippen molar-refractivity contribution in [2.75, 3.05) is 25.5 Å². The van der Waals surface area contributed by atoms with E-state index in [4.69, 9.17) is 0 Å². The topological polar surface area (TPSA) is 24.1 Å². The maximum absolute atomic E-state index is 3.38. The Labute approximate surface area is 80.4 Å². The maximum Gasteiger partial charge on any atom is 0.0340 e. The molecule has 0 amide bonds. The number of rotatable bonds is 6. The average Bonchev–Trinajstić information content (AvgIpc) is 2.19. The summed E-state index contributed by atoms with van der Waals surface area (Å²) in [5.41, 5.74) is 1.21. The van der Waals surface area contributed by atoms with Crippen molar-refractivity contribution in [3.8, 4) is 0 Å². The van der Waals surface area contributed by atoms with Gasteiger partial charge >= 0.3 is 0 Å². The van der Waals surface area contributed by atoms with Crippen molar-refractivity contribution in [1.29, 1.82) is 0 Å². The lowest BCUT2D eigenvalue weighted by Gasteiger charge is -2.05. The highest BCUT2D eigenvalue weighted by Gasteiger charge is 1.88. The summed E-state index contributed by atoms with van der Waals surface area (Å²) in [5.74, 6) is 0. The Morgan fingerprint density at radius 2 is 1.69 bits per heavy atom. The molecule has 0 aliphatic carbocycles. The van der Waals surface area contributed by atoms with Gasteiger partial charge in [-0.15, -0.1) is 0 Å². The van der Waals surface area contributed by atoms with Gasteiger partial charge in [0.2, 0.25) is 0 Å². The summed E-state index contributed by atoms with van der Waals surface area (Å²) in [7, 11) is 1.99. The van der Waals surface area contributed by atoms with E-state index < -0.39 is 0 Å². The average molecular weight is 178 g/mol. The Hall–Kier alpha value is -1.02. The van der Waals surface area contributed by atoms with E-state index >= 15 is 0 Å². The van der Waals surface area contributed by atoms with Crippen LogP contribution in [0.2, 0.25) is 0 Å². The van der Waals surface area contributed by atoms with Gasteiger partial charge in [0.25, 0.3) is 0 Å². The minimum atomic E-state index is 1.06. The van der Waals surface area contributed by atoms with E-state index in [0.717, 1.165) is 13.1 Å². The molecular formula is C11H18N2. The molecule has 0 atom stereocenters. The predicted molar refractivity (Wildman–Crippen MR) is 58.1 cm³/mol. The maximum atomic E-state index is 3.38. The second kappa shape index (κ2) is 6.49. The molecule has 0 fully saturated rings. The van der Waals surface area contributed by atoms with Crippen molar-refractivity contribution in [2.24, 2.45) is 0 Å². The summed E-state index contributed by atoms with van der Waals surface area (Å²) in [6.07, 6.45) is 2.45. The van der Waals surface area contributed by atoms with Crippen molar-refractivity contribution in [2.45, 2.75) is 12.8 Å². The number of hydrogen-bond acceptors (Lipinski definition) is 2. The Kier molecular flexibility index (Phi) is 5.02. The van der Waals surface area contributed by atoms with E-state index in [1.807, 2.05) is 13.1 Å². The van der Waals surface area contributed by atoms with Crippen LogP contribution >= 0.6 is 0 Å². The van der Waals surface area contributed by atoms with E-state index in [1.165, 1.54) is 18.5 Å². The summed E-state index contributed by atoms with van der Waals surface area (Å²) in [5, 5.41) is 6.51. The molecule has 1 rings (SSSR count). The molecule has 2 nitrogen and oxygen atoms in total. The van der Waals surface area contributed by atoms with Crippen LogP contribution < -0.4 is 10.6 Å². The van der Waals surface area contributed by atoms with Gasteiger partial charge in [-0.05, 0) is 38.6 Å². The largest absolute Gasteiger partial charge is 0.385 e. The molecule has 0 saturated heterocycles. The fourth-order valence-corrected chi connectivity index (χ4v) is 1.22. The van der Waals surface area contributed by atoms with Crippen LogP contribution in [0.25, 0.3) is 0 Å². The van der Waals surface area contributed by atoms with Gasteiger partial charge in [-0.1, -0.05) is 18.2 Å². The number of hydrogen-bond donors (Lipinski definition) is 2. The van der Waals surface area contributed by atoms with Crippen LogP contribution in [-0.4, -0.2) is 20.1 Å². The number of benzene rings is 1. The molecule has 2 heteroatoms. The molecular weight excluding hydrogens is 160 g/mol. The van der Waals surface area contributed by atoms with E-state index in [0.29, 0.717) is 0 Å². The smallest absolute Gasteiger partial charge is 0.0340 e. The first-order chi connectivity index (χ1) is 6.43. The molecule has 0 aromatic heterocycles. The molecule has 0 radical (unpaired) electrons. The van der Waals surface area contributed by atoms with Crippen LogP contribution in [0.3, 0.4) is 0 Å². The van der Waals surface area contributed by atoms with E-state index in [-0.39, 0.29) is 0 Å². The highest BCUT2D eigenvalue weighted by atomic mass is 14.9. The molecule has 0 aliphatic rings. The molecule has 0 aliphatic heterocycles. The van der Waals surface area contributed by atoms with Gasteiger partial charge < -0.3 is 10.6 Å². The Morgan fingerprint density at radius 3 is 2.38 bits per heavy atom. The first-order valence-corrected chi connectivity index (χ1v) is 4.87. The molecule has 1 aromatic carbocycles. The van der Waals surface area contributed by atoms with Crippen molar-refractivity contribution in [3.63, 3.8) is 0 Å². The number of unbranched alkanes of at least 4 members (excludes halogenated alkanes) is 1. The lowest BCUT2D eigenvalue weighted by molar-refractivity contribution is 0.694. The first kappa shape index (κ1) is 10.1. The van der Waals surface area contributed by atoms with Crippen LogP contribution in [0.5, 0.6) is 0 Å². The summed E-state index contributed by atoms with van der Waals surface area (Å²) < 4.78 is 0. The Bertz CT molecular complexity index is 209. The molecule has 0 spiro atoms. The fourth-order valence-electron chi connectivity index (χ4n) is 1.22.